The lowest BCUT2D eigenvalue weighted by molar-refractivity contribution is 0.133. The van der Waals surface area contributed by atoms with Crippen molar-refractivity contribution >= 4 is 11.6 Å². The summed E-state index contributed by atoms with van der Waals surface area (Å²) in [5.41, 5.74) is 2.46. The number of benzene rings is 1. The molecule has 0 saturated carbocycles. The molecule has 0 fully saturated rings. The molecule has 0 saturated heterocycles. The largest absolute Gasteiger partial charge is 0.377 e. The molecule has 0 heterocycles. The van der Waals surface area contributed by atoms with Crippen LogP contribution in [0.25, 0.3) is 0 Å². The van der Waals surface area contributed by atoms with Crippen molar-refractivity contribution in [3.63, 3.8) is 0 Å². The van der Waals surface area contributed by atoms with Crippen molar-refractivity contribution in [3.05, 3.63) is 47.0 Å². The molecule has 0 unspecified atom stereocenters. The van der Waals surface area contributed by atoms with Crippen LogP contribution in [-0.4, -0.2) is 13.2 Å². The number of hydrogen-bond acceptors (Lipinski definition) is 2. The molecule has 0 bridgehead atoms. The van der Waals surface area contributed by atoms with E-state index in [1.807, 2.05) is 19.1 Å². The molecule has 1 aromatic carbocycles. The fraction of sp³-hybridized carbons (Fsp3) is 0.385. The number of ether oxygens (including phenoxy) is 1. The third-order valence-corrected chi connectivity index (χ3v) is 2.35. The van der Waals surface area contributed by atoms with Crippen LogP contribution in [0, 0.1) is 0 Å². The van der Waals surface area contributed by atoms with Gasteiger partial charge in [-0.2, -0.15) is 0 Å². The number of nitrogens with one attached hydrogen (secondary N) is 1. The highest BCUT2D eigenvalue weighted by Gasteiger charge is 2.01. The summed E-state index contributed by atoms with van der Waals surface area (Å²) >= 11 is 5.69. The Bertz CT molecular complexity index is 338. The quantitative estimate of drug-likeness (QED) is 0.790. The summed E-state index contributed by atoms with van der Waals surface area (Å²) in [6, 6.07) is 8.24. The summed E-state index contributed by atoms with van der Waals surface area (Å²) in [6.45, 7) is 8.45. The Kier molecular flexibility index (Phi) is 6.16. The molecule has 0 aliphatic carbocycles. The lowest BCUT2D eigenvalue weighted by Crippen LogP contribution is -2.16. The average molecular weight is 240 g/mol. The van der Waals surface area contributed by atoms with Gasteiger partial charge in [-0.3, -0.25) is 0 Å². The SMILES string of the molecule is C=C(Cl)CNCc1ccccc1COCC. The van der Waals surface area contributed by atoms with Crippen molar-refractivity contribution in [2.75, 3.05) is 13.2 Å². The molecular formula is C13H18ClNO. The first-order valence-electron chi connectivity index (χ1n) is 5.42. The van der Waals surface area contributed by atoms with Crippen molar-refractivity contribution in [3.8, 4) is 0 Å². The molecule has 1 rings (SSSR count). The van der Waals surface area contributed by atoms with Gasteiger partial charge in [-0.05, 0) is 18.1 Å². The first kappa shape index (κ1) is 13.2. The Morgan fingerprint density at radius 1 is 1.38 bits per heavy atom. The van der Waals surface area contributed by atoms with Gasteiger partial charge < -0.3 is 10.1 Å². The summed E-state index contributed by atoms with van der Waals surface area (Å²) in [5.74, 6) is 0. The highest BCUT2D eigenvalue weighted by Crippen LogP contribution is 2.10. The van der Waals surface area contributed by atoms with Gasteiger partial charge in [-0.15, -0.1) is 0 Å². The Morgan fingerprint density at radius 2 is 2.06 bits per heavy atom. The maximum atomic E-state index is 5.69. The molecule has 88 valence electrons. The molecule has 0 aliphatic rings. The minimum Gasteiger partial charge on any atom is -0.377 e. The van der Waals surface area contributed by atoms with Crippen molar-refractivity contribution < 1.29 is 4.74 Å². The van der Waals surface area contributed by atoms with Gasteiger partial charge in [-0.1, -0.05) is 42.4 Å². The molecular weight excluding hydrogens is 222 g/mol. The van der Waals surface area contributed by atoms with E-state index in [-0.39, 0.29) is 0 Å². The molecule has 1 aromatic rings. The van der Waals surface area contributed by atoms with E-state index in [1.165, 1.54) is 11.1 Å². The van der Waals surface area contributed by atoms with E-state index in [2.05, 4.69) is 24.0 Å². The van der Waals surface area contributed by atoms with E-state index >= 15 is 0 Å². The zero-order valence-electron chi connectivity index (χ0n) is 9.63. The second-order valence-electron chi connectivity index (χ2n) is 3.53. The molecule has 0 atom stereocenters. The summed E-state index contributed by atoms with van der Waals surface area (Å²) in [4.78, 5) is 0. The normalized spacial score (nSPS) is 10.4. The van der Waals surface area contributed by atoms with Gasteiger partial charge in [0.15, 0.2) is 0 Å². The third kappa shape index (κ3) is 4.79. The van der Waals surface area contributed by atoms with Crippen LogP contribution in [0.2, 0.25) is 0 Å². The van der Waals surface area contributed by atoms with Crippen molar-refractivity contribution in [2.24, 2.45) is 0 Å². The summed E-state index contributed by atoms with van der Waals surface area (Å²) in [6.07, 6.45) is 0. The van der Waals surface area contributed by atoms with E-state index < -0.39 is 0 Å². The van der Waals surface area contributed by atoms with E-state index in [1.54, 1.807) is 0 Å². The standard InChI is InChI=1S/C13H18ClNO/c1-3-16-10-13-7-5-4-6-12(13)9-15-8-11(2)14/h4-7,15H,2-3,8-10H2,1H3. The number of halogens is 1. The predicted molar refractivity (Wildman–Crippen MR) is 68.5 cm³/mol. The molecule has 0 radical (unpaired) electrons. The van der Waals surface area contributed by atoms with Crippen LogP contribution in [-0.2, 0) is 17.9 Å². The average Bonchev–Trinajstić information content (AvgIpc) is 2.27. The smallest absolute Gasteiger partial charge is 0.0719 e. The Morgan fingerprint density at radius 3 is 2.69 bits per heavy atom. The van der Waals surface area contributed by atoms with Gasteiger partial charge in [0.25, 0.3) is 0 Å². The maximum absolute atomic E-state index is 5.69. The minimum atomic E-state index is 0.627. The van der Waals surface area contributed by atoms with Crippen LogP contribution >= 0.6 is 11.6 Å². The summed E-state index contributed by atoms with van der Waals surface area (Å²) in [7, 11) is 0. The second-order valence-corrected chi connectivity index (χ2v) is 4.06. The van der Waals surface area contributed by atoms with E-state index in [9.17, 15) is 0 Å². The van der Waals surface area contributed by atoms with Crippen LogP contribution in [0.3, 0.4) is 0 Å². The van der Waals surface area contributed by atoms with Gasteiger partial charge >= 0.3 is 0 Å². The van der Waals surface area contributed by atoms with Crippen LogP contribution < -0.4 is 5.32 Å². The number of rotatable bonds is 7. The maximum Gasteiger partial charge on any atom is 0.0719 e. The monoisotopic (exact) mass is 239 g/mol. The van der Waals surface area contributed by atoms with Crippen molar-refractivity contribution in [1.29, 1.82) is 0 Å². The lowest BCUT2D eigenvalue weighted by atomic mass is 10.1. The predicted octanol–water partition coefficient (Wildman–Crippen LogP) is 3.07. The van der Waals surface area contributed by atoms with E-state index in [0.29, 0.717) is 18.2 Å². The first-order valence-corrected chi connectivity index (χ1v) is 5.80. The Labute approximate surface area is 102 Å². The van der Waals surface area contributed by atoms with Crippen LogP contribution in [0.4, 0.5) is 0 Å². The van der Waals surface area contributed by atoms with Gasteiger partial charge in [0.2, 0.25) is 0 Å². The molecule has 16 heavy (non-hydrogen) atoms. The Balaban J connectivity index is 2.52. The molecule has 3 heteroatoms. The summed E-state index contributed by atoms with van der Waals surface area (Å²) in [5, 5.41) is 3.86. The zero-order chi connectivity index (χ0) is 11.8. The highest BCUT2D eigenvalue weighted by molar-refractivity contribution is 6.29. The zero-order valence-corrected chi connectivity index (χ0v) is 10.4. The van der Waals surface area contributed by atoms with Gasteiger partial charge in [0, 0.05) is 24.7 Å². The Hall–Kier alpha value is -0.830. The fourth-order valence-corrected chi connectivity index (χ4v) is 1.51. The van der Waals surface area contributed by atoms with E-state index in [0.717, 1.165) is 13.2 Å². The molecule has 0 spiro atoms. The van der Waals surface area contributed by atoms with Crippen LogP contribution in [0.15, 0.2) is 35.9 Å². The molecule has 2 nitrogen and oxygen atoms in total. The molecule has 0 amide bonds. The second kappa shape index (κ2) is 7.44. The fourth-order valence-electron chi connectivity index (χ4n) is 1.42. The van der Waals surface area contributed by atoms with Gasteiger partial charge in [-0.25, -0.2) is 0 Å². The van der Waals surface area contributed by atoms with Crippen LogP contribution in [0.5, 0.6) is 0 Å². The van der Waals surface area contributed by atoms with Gasteiger partial charge in [0.1, 0.15) is 0 Å². The number of hydrogen-bond donors (Lipinski definition) is 1. The van der Waals surface area contributed by atoms with E-state index in [4.69, 9.17) is 16.3 Å². The third-order valence-electron chi connectivity index (χ3n) is 2.21. The van der Waals surface area contributed by atoms with Crippen molar-refractivity contribution in [1.82, 2.24) is 5.32 Å². The minimum absolute atomic E-state index is 0.627. The van der Waals surface area contributed by atoms with Crippen molar-refractivity contribution in [2.45, 2.75) is 20.1 Å². The van der Waals surface area contributed by atoms with Crippen LogP contribution in [0.1, 0.15) is 18.1 Å². The molecule has 0 aliphatic heterocycles. The summed E-state index contributed by atoms with van der Waals surface area (Å²) < 4.78 is 5.42. The van der Waals surface area contributed by atoms with Gasteiger partial charge in [0.05, 0.1) is 6.61 Å². The topological polar surface area (TPSA) is 21.3 Å². The molecule has 1 N–H and O–H groups in total. The first-order chi connectivity index (χ1) is 7.74. The lowest BCUT2D eigenvalue weighted by Gasteiger charge is -2.10. The molecule has 0 aromatic heterocycles. The highest BCUT2D eigenvalue weighted by atomic mass is 35.5.